The maximum absolute atomic E-state index is 15.6. The first-order chi connectivity index (χ1) is 19.8. The normalized spacial score (nSPS) is 23.4. The molecule has 16 heteroatoms. The zero-order valence-corrected chi connectivity index (χ0v) is 23.8. The molecule has 4 N–H and O–H groups in total. The maximum atomic E-state index is 15.6. The number of nitrogens with one attached hydrogen (secondary N) is 2. The number of aromatic amines is 1. The minimum atomic E-state index is -4.59. The average Bonchev–Trinajstić information content (AvgIpc) is 3.16. The van der Waals surface area contributed by atoms with E-state index in [1.165, 1.54) is 49.5 Å². The molecule has 0 aliphatic carbocycles. The Morgan fingerprint density at radius 1 is 1.29 bits per heavy atom. The summed E-state index contributed by atoms with van der Waals surface area (Å²) < 4.78 is 52.4. The zero-order valence-electron chi connectivity index (χ0n) is 22.8. The standard InChI is InChI=1S/C26H31F2N4O9P/c1-4-38-23(35)15(2)31-42(37,41-17-9-7-16(8-10-17)21-18(27)6-5-12-29-21)39-14-19-22(34)26(3,28)24(40-19)32-13-11-20(33)30-25(32)36/h5-13,15,19,22,24,31,34,37,42H,4,14H2,1-3H3,(H,30,33,36)/t15-,19+,22+,24+,26+/m0/s1. The summed E-state index contributed by atoms with van der Waals surface area (Å²) in [6.07, 6.45) is -2.44. The van der Waals surface area contributed by atoms with Crippen molar-refractivity contribution in [2.24, 2.45) is 0 Å². The fraction of sp³-hybridized carbons (Fsp3) is 0.385. The number of ether oxygens (including phenoxy) is 2. The number of esters is 1. The number of aliphatic hydroxyl groups excluding tert-OH is 1. The Kier molecular flexibility index (Phi) is 9.50. The molecule has 1 aliphatic rings. The van der Waals surface area contributed by atoms with E-state index < -0.39 is 67.9 Å². The third-order valence-corrected chi connectivity index (χ3v) is 8.31. The molecule has 2 aromatic heterocycles. The van der Waals surface area contributed by atoms with Gasteiger partial charge in [0.2, 0.25) is 0 Å². The summed E-state index contributed by atoms with van der Waals surface area (Å²) in [5.74, 6) is -1.20. The van der Waals surface area contributed by atoms with Crippen molar-refractivity contribution in [3.05, 3.63) is 81.5 Å². The molecule has 1 aliphatic heterocycles. The van der Waals surface area contributed by atoms with E-state index in [1.54, 1.807) is 6.92 Å². The number of hydrogen-bond donors (Lipinski definition) is 4. The van der Waals surface area contributed by atoms with Crippen LogP contribution in [0.2, 0.25) is 0 Å². The van der Waals surface area contributed by atoms with Gasteiger partial charge >= 0.3 is 238 Å². The Morgan fingerprint density at radius 3 is 2.64 bits per heavy atom. The summed E-state index contributed by atoms with van der Waals surface area (Å²) >= 11 is 0. The van der Waals surface area contributed by atoms with Gasteiger partial charge in [-0.3, -0.25) is 0 Å². The van der Waals surface area contributed by atoms with E-state index in [1.807, 2.05) is 4.98 Å². The molecule has 0 saturated carbocycles. The van der Waals surface area contributed by atoms with Crippen molar-refractivity contribution in [1.29, 1.82) is 0 Å². The molecule has 0 radical (unpaired) electrons. The number of pyridine rings is 1. The van der Waals surface area contributed by atoms with Crippen LogP contribution in [0.5, 0.6) is 5.75 Å². The van der Waals surface area contributed by atoms with Gasteiger partial charge in [0, 0.05) is 0 Å². The molecule has 3 heterocycles. The molecule has 4 rings (SSSR count). The zero-order chi connectivity index (χ0) is 30.7. The van der Waals surface area contributed by atoms with E-state index >= 15 is 4.39 Å². The van der Waals surface area contributed by atoms with Crippen LogP contribution in [-0.2, 0) is 18.8 Å². The first-order valence-corrected chi connectivity index (χ1v) is 14.7. The molecule has 0 spiro atoms. The summed E-state index contributed by atoms with van der Waals surface area (Å²) in [6, 6.07) is 8.41. The number of aliphatic hydroxyl groups is 1. The van der Waals surface area contributed by atoms with Gasteiger partial charge in [-0.2, -0.15) is 0 Å². The second-order valence-electron chi connectivity index (χ2n) is 9.61. The number of H-pyrrole nitrogens is 1. The number of benzene rings is 1. The van der Waals surface area contributed by atoms with Gasteiger partial charge in [0.05, 0.1) is 0 Å². The van der Waals surface area contributed by atoms with E-state index in [-0.39, 0.29) is 18.1 Å². The van der Waals surface area contributed by atoms with Crippen molar-refractivity contribution in [2.75, 3.05) is 13.2 Å². The number of aromatic nitrogens is 3. The average molecular weight is 613 g/mol. The van der Waals surface area contributed by atoms with Gasteiger partial charge in [0.15, 0.2) is 0 Å². The number of rotatable bonds is 11. The van der Waals surface area contributed by atoms with Crippen LogP contribution in [-0.4, -0.2) is 67.6 Å². The quantitative estimate of drug-likeness (QED) is 0.184. The van der Waals surface area contributed by atoms with Crippen LogP contribution in [0.1, 0.15) is 27.0 Å². The summed E-state index contributed by atoms with van der Waals surface area (Å²) in [5.41, 5.74) is -3.66. The monoisotopic (exact) mass is 612 g/mol. The van der Waals surface area contributed by atoms with Crippen LogP contribution in [0, 0.1) is 5.82 Å². The third kappa shape index (κ3) is 6.89. The van der Waals surface area contributed by atoms with Crippen LogP contribution >= 0.6 is 8.09 Å². The van der Waals surface area contributed by atoms with Crippen LogP contribution in [0.15, 0.2) is 64.4 Å². The second-order valence-corrected chi connectivity index (χ2v) is 11.6. The first-order valence-electron chi connectivity index (χ1n) is 12.9. The van der Waals surface area contributed by atoms with E-state index in [2.05, 4.69) is 10.1 Å². The molecule has 3 aromatic rings. The number of alkyl halides is 1. The molecule has 0 bridgehead atoms. The number of halogens is 2. The first kappa shape index (κ1) is 31.3. The summed E-state index contributed by atoms with van der Waals surface area (Å²) in [4.78, 5) is 53.3. The fourth-order valence-corrected chi connectivity index (χ4v) is 6.01. The molecule has 228 valence electrons. The Bertz CT molecular complexity index is 1520. The third-order valence-electron chi connectivity index (χ3n) is 6.45. The van der Waals surface area contributed by atoms with Crippen molar-refractivity contribution in [1.82, 2.24) is 19.6 Å². The van der Waals surface area contributed by atoms with Gasteiger partial charge in [-0.05, 0) is 0 Å². The molecular weight excluding hydrogens is 581 g/mol. The predicted molar refractivity (Wildman–Crippen MR) is 147 cm³/mol. The Labute approximate surface area is 238 Å². The summed E-state index contributed by atoms with van der Waals surface area (Å²) in [7, 11) is -4.59. The van der Waals surface area contributed by atoms with Gasteiger partial charge in [-0.25, -0.2) is 0 Å². The number of nitrogens with zero attached hydrogens (tertiary/aromatic N) is 2. The second kappa shape index (κ2) is 12.7. The van der Waals surface area contributed by atoms with E-state index in [0.717, 1.165) is 23.8 Å². The van der Waals surface area contributed by atoms with Crippen molar-refractivity contribution in [3.8, 4) is 17.0 Å². The summed E-state index contributed by atoms with van der Waals surface area (Å²) in [6.45, 7) is 3.43. The minimum absolute atomic E-state index is 0.0636. The van der Waals surface area contributed by atoms with Gasteiger partial charge in [-0.1, -0.05) is 0 Å². The Hall–Kier alpha value is -3.59. The molecule has 0 unspecified atom stereocenters. The van der Waals surface area contributed by atoms with Gasteiger partial charge in [0.25, 0.3) is 0 Å². The van der Waals surface area contributed by atoms with Crippen LogP contribution in [0.4, 0.5) is 8.78 Å². The molecule has 42 heavy (non-hydrogen) atoms. The van der Waals surface area contributed by atoms with E-state index in [9.17, 15) is 28.8 Å². The molecule has 1 aromatic carbocycles. The predicted octanol–water partition coefficient (Wildman–Crippen LogP) is 1.76. The van der Waals surface area contributed by atoms with Gasteiger partial charge in [0.1, 0.15) is 0 Å². The van der Waals surface area contributed by atoms with Crippen molar-refractivity contribution < 1.29 is 42.1 Å². The topological polar surface area (TPSA) is 174 Å². The SMILES string of the molecule is CCOC(=O)[C@H](C)N[PH](O)(OC[C@H]1O[C@@H](n2ccc(=O)[nH]c2=O)[C@](C)(F)[C@@H]1O)Oc1ccc(-c2ncccc2F)cc1. The molecule has 5 atom stereocenters. The molecule has 1 saturated heterocycles. The number of hydrogen-bond acceptors (Lipinski definition) is 11. The van der Waals surface area contributed by atoms with E-state index in [4.69, 9.17) is 18.5 Å². The van der Waals surface area contributed by atoms with Gasteiger partial charge in [-0.15, -0.1) is 0 Å². The Balaban J connectivity index is 1.54. The van der Waals surface area contributed by atoms with Crippen LogP contribution in [0.25, 0.3) is 11.3 Å². The summed E-state index contributed by atoms with van der Waals surface area (Å²) in [5, 5.41) is 13.3. The van der Waals surface area contributed by atoms with Crippen molar-refractivity contribution in [3.63, 3.8) is 0 Å². The fourth-order valence-electron chi connectivity index (χ4n) is 4.30. The molecular formula is C26H31F2N4O9P. The van der Waals surface area contributed by atoms with E-state index in [0.29, 0.717) is 5.56 Å². The van der Waals surface area contributed by atoms with Crippen molar-refractivity contribution >= 4 is 14.1 Å². The number of carbonyl (C=O) groups excluding carboxylic acids is 1. The van der Waals surface area contributed by atoms with Crippen LogP contribution in [0.3, 0.4) is 0 Å². The molecule has 0 amide bonds. The number of carbonyl (C=O) groups is 1. The van der Waals surface area contributed by atoms with Crippen molar-refractivity contribution in [2.45, 2.75) is 50.9 Å². The molecule has 13 nitrogen and oxygen atoms in total. The Morgan fingerprint density at radius 2 is 2.00 bits per heavy atom. The van der Waals surface area contributed by atoms with Crippen LogP contribution < -0.4 is 20.9 Å². The van der Waals surface area contributed by atoms with Gasteiger partial charge < -0.3 is 0 Å². The molecule has 1 fully saturated rings.